The third-order valence-electron chi connectivity index (χ3n) is 12.7. The zero-order valence-electron chi connectivity index (χ0n) is 31.3. The lowest BCUT2D eigenvalue weighted by Crippen LogP contribution is -2.54. The molecule has 5 saturated heterocycles. The highest BCUT2D eigenvalue weighted by Crippen LogP contribution is 2.46. The van der Waals surface area contributed by atoms with Gasteiger partial charge in [-0.25, -0.2) is 14.8 Å². The Labute approximate surface area is 330 Å². The van der Waals surface area contributed by atoms with Crippen LogP contribution >= 0.6 is 11.6 Å². The average molecular weight is 778 g/mol. The van der Waals surface area contributed by atoms with Gasteiger partial charge in [0.15, 0.2) is 0 Å². The van der Waals surface area contributed by atoms with Crippen molar-refractivity contribution < 1.29 is 23.9 Å². The van der Waals surface area contributed by atoms with Crippen LogP contribution in [0.15, 0.2) is 48.8 Å². The molecule has 1 spiro atoms. The number of fused-ring (bicyclic) bond motifs is 1. The lowest BCUT2D eigenvalue weighted by molar-refractivity contribution is -0.136. The Morgan fingerprint density at radius 2 is 1.52 bits per heavy atom. The smallest absolute Gasteiger partial charge is 0.262 e. The molecule has 0 aliphatic carbocycles. The van der Waals surface area contributed by atoms with Crippen LogP contribution in [0, 0.1) is 12.0 Å². The number of nitrogens with one attached hydrogen (secondary N) is 1. The van der Waals surface area contributed by atoms with E-state index < -0.39 is 29.7 Å². The van der Waals surface area contributed by atoms with Crippen molar-refractivity contribution in [3.63, 3.8) is 0 Å². The van der Waals surface area contributed by atoms with Gasteiger partial charge < -0.3 is 24.3 Å². The fourth-order valence-corrected chi connectivity index (χ4v) is 9.74. The molecule has 0 radical (unpaired) electrons. The molecule has 15 heteroatoms. The maximum Gasteiger partial charge on any atom is 0.262 e. The lowest BCUT2D eigenvalue weighted by atomic mass is 9.77. The van der Waals surface area contributed by atoms with Gasteiger partial charge in [0.05, 0.1) is 42.3 Å². The van der Waals surface area contributed by atoms with Crippen molar-refractivity contribution in [2.24, 2.45) is 5.41 Å². The quantitative estimate of drug-likeness (QED) is 0.261. The summed E-state index contributed by atoms with van der Waals surface area (Å²) in [6.45, 7) is 15.5. The molecule has 2 aromatic carbocycles. The molecule has 14 nitrogen and oxygen atoms in total. The number of anilines is 4. The van der Waals surface area contributed by atoms with Gasteiger partial charge in [-0.05, 0) is 81.2 Å². The lowest BCUT2D eigenvalue weighted by Gasteiger charge is -2.43. The number of aromatic nitrogens is 2. The summed E-state index contributed by atoms with van der Waals surface area (Å²) in [6, 6.07) is 10.4. The van der Waals surface area contributed by atoms with Crippen LogP contribution in [-0.4, -0.2) is 109 Å². The van der Waals surface area contributed by atoms with Crippen LogP contribution in [0.25, 0.3) is 4.85 Å². The van der Waals surface area contributed by atoms with Crippen LogP contribution < -0.4 is 24.9 Å². The van der Waals surface area contributed by atoms with Gasteiger partial charge in [0.25, 0.3) is 11.8 Å². The van der Waals surface area contributed by atoms with Gasteiger partial charge in [0, 0.05) is 74.7 Å². The number of amides is 4. The predicted molar refractivity (Wildman–Crippen MR) is 210 cm³/mol. The summed E-state index contributed by atoms with van der Waals surface area (Å²) < 4.78 is 6.47. The topological polar surface area (TPSA) is 136 Å². The zero-order valence-corrected chi connectivity index (χ0v) is 32.1. The van der Waals surface area contributed by atoms with E-state index >= 15 is 0 Å². The second-order valence-electron chi connectivity index (χ2n) is 16.2. The van der Waals surface area contributed by atoms with Crippen LogP contribution in [0.2, 0.25) is 5.02 Å². The predicted octanol–water partition coefficient (Wildman–Crippen LogP) is 4.84. The molecule has 5 fully saturated rings. The molecule has 1 aromatic heterocycles. The minimum Gasteiger partial charge on any atom is -0.371 e. The first-order chi connectivity index (χ1) is 27.1. The van der Waals surface area contributed by atoms with E-state index in [1.165, 1.54) is 0 Å². The third kappa shape index (κ3) is 6.60. The van der Waals surface area contributed by atoms with Gasteiger partial charge in [-0.3, -0.25) is 29.4 Å². The molecular formula is C41H44ClN9O5. The molecule has 2 atom stereocenters. The van der Waals surface area contributed by atoms with Crippen molar-refractivity contribution in [1.82, 2.24) is 20.2 Å². The fraction of sp³-hybridized carbons (Fsp3) is 0.488. The molecule has 290 valence electrons. The number of halogens is 1. The third-order valence-corrected chi connectivity index (χ3v) is 13.0. The maximum absolute atomic E-state index is 13.3. The first-order valence-corrected chi connectivity index (χ1v) is 20.0. The first-order valence-electron chi connectivity index (χ1n) is 19.6. The Bertz CT molecular complexity index is 2120. The molecule has 4 amide bonds. The highest BCUT2D eigenvalue weighted by Gasteiger charge is 2.46. The molecule has 6 aliphatic heterocycles. The summed E-state index contributed by atoms with van der Waals surface area (Å²) >= 11 is 6.38. The van der Waals surface area contributed by atoms with E-state index in [2.05, 4.69) is 36.7 Å². The van der Waals surface area contributed by atoms with Gasteiger partial charge in [0.2, 0.25) is 17.5 Å². The monoisotopic (exact) mass is 777 g/mol. The molecular weight excluding hydrogens is 734 g/mol. The van der Waals surface area contributed by atoms with Crippen molar-refractivity contribution in [1.29, 1.82) is 0 Å². The van der Waals surface area contributed by atoms with E-state index in [-0.39, 0.29) is 41.6 Å². The molecule has 6 aliphatic rings. The molecule has 56 heavy (non-hydrogen) atoms. The number of carbonyl (C=O) groups is 4. The van der Waals surface area contributed by atoms with E-state index in [9.17, 15) is 19.2 Å². The Morgan fingerprint density at radius 3 is 2.18 bits per heavy atom. The van der Waals surface area contributed by atoms with E-state index in [1.807, 2.05) is 36.7 Å². The summed E-state index contributed by atoms with van der Waals surface area (Å²) in [7, 11) is 0. The number of piperidine rings is 3. The molecule has 3 aromatic rings. The summed E-state index contributed by atoms with van der Waals surface area (Å²) in [6.07, 6.45) is 9.38. The molecule has 9 rings (SSSR count). The van der Waals surface area contributed by atoms with Crippen LogP contribution in [-0.2, 0) is 14.3 Å². The number of imide groups is 2. The Balaban J connectivity index is 0.725. The zero-order chi connectivity index (χ0) is 38.7. The van der Waals surface area contributed by atoms with E-state index in [1.54, 1.807) is 12.1 Å². The van der Waals surface area contributed by atoms with Crippen LogP contribution in [0.1, 0.15) is 72.6 Å². The maximum atomic E-state index is 13.3. The van der Waals surface area contributed by atoms with E-state index in [0.29, 0.717) is 29.8 Å². The Hall–Kier alpha value is -5.26. The van der Waals surface area contributed by atoms with Crippen LogP contribution in [0.5, 0.6) is 0 Å². The largest absolute Gasteiger partial charge is 0.371 e. The number of carbonyl (C=O) groups excluding carboxylic acids is 4. The van der Waals surface area contributed by atoms with Crippen LogP contribution in [0.3, 0.4) is 0 Å². The molecule has 1 N–H and O–H groups in total. The summed E-state index contributed by atoms with van der Waals surface area (Å²) in [5.41, 5.74) is 3.24. The van der Waals surface area contributed by atoms with E-state index in [4.69, 9.17) is 32.9 Å². The van der Waals surface area contributed by atoms with Crippen molar-refractivity contribution >= 4 is 63.9 Å². The second-order valence-corrected chi connectivity index (χ2v) is 16.6. The van der Waals surface area contributed by atoms with Crippen LogP contribution in [0.4, 0.5) is 28.7 Å². The highest BCUT2D eigenvalue weighted by molar-refractivity contribution is 6.33. The fourth-order valence-electron chi connectivity index (χ4n) is 9.53. The minimum absolute atomic E-state index is 0.0749. The standard InChI is InChI=1S/C41H44ClN9O5/c1-25-19-41(24-50(25)27-4-6-33(43-2)32(42)18-27)11-15-48(16-12-41)36-21-44-35(20-45-36)47-13-9-28(10-14-47)56-29-22-49(23-29)26-3-5-30-31(17-26)40(55)51(39(30)54)34-7-8-37(52)46-38(34)53/h3-6,17-18,20-21,25,28-29,34H,7-16,19,22-24H2,1H3,(H,46,52,53)/t25-,34?/m0/s1. The van der Waals surface area contributed by atoms with Crippen molar-refractivity contribution in [2.45, 2.75) is 76.2 Å². The second kappa shape index (κ2) is 14.4. The molecule has 7 heterocycles. The number of ether oxygens (including phenoxy) is 1. The van der Waals surface area contributed by atoms with E-state index in [0.717, 1.165) is 92.7 Å². The average Bonchev–Trinajstić information content (AvgIpc) is 3.64. The highest BCUT2D eigenvalue weighted by atomic mass is 35.5. The SMILES string of the molecule is [C-]#[N+]c1ccc(N2CC3(CCN(c4cnc(N5CCC(OC6CN(c7ccc8c(c7)C(=O)N(C7CCC(=O)NC7=O)C8=O)C6)CC5)cn4)CC3)C[C@@H]2C)cc1Cl. The molecule has 1 unspecified atom stereocenters. The Kier molecular flexibility index (Phi) is 9.32. The minimum atomic E-state index is -0.977. The Morgan fingerprint density at radius 1 is 0.839 bits per heavy atom. The van der Waals surface area contributed by atoms with Crippen molar-refractivity contribution in [3.05, 3.63) is 76.4 Å². The van der Waals surface area contributed by atoms with Gasteiger partial charge in [-0.2, -0.15) is 0 Å². The number of benzene rings is 2. The molecule has 0 bridgehead atoms. The number of hydrogen-bond donors (Lipinski definition) is 1. The number of hydrogen-bond acceptors (Lipinski definition) is 11. The summed E-state index contributed by atoms with van der Waals surface area (Å²) in [5.74, 6) is -0.194. The summed E-state index contributed by atoms with van der Waals surface area (Å²) in [5, 5.41) is 2.75. The van der Waals surface area contributed by atoms with Crippen molar-refractivity contribution in [3.8, 4) is 0 Å². The number of nitrogens with zero attached hydrogens (tertiary/aromatic N) is 8. The summed E-state index contributed by atoms with van der Waals surface area (Å²) in [4.78, 5) is 73.7. The van der Waals surface area contributed by atoms with Gasteiger partial charge in [0.1, 0.15) is 17.7 Å². The first kappa shape index (κ1) is 36.4. The normalized spacial score (nSPS) is 24.1. The van der Waals surface area contributed by atoms with Gasteiger partial charge in [-0.1, -0.05) is 17.7 Å². The van der Waals surface area contributed by atoms with Gasteiger partial charge >= 0.3 is 0 Å². The van der Waals surface area contributed by atoms with Gasteiger partial charge in [-0.15, -0.1) is 0 Å². The van der Waals surface area contributed by atoms with Crippen molar-refractivity contribution in [2.75, 3.05) is 65.4 Å². The molecule has 0 saturated carbocycles. The number of rotatable bonds is 7.